The molecule has 4 aromatic rings. The average Bonchev–Trinajstić information content (AvgIpc) is 3.48. The molecule has 5 rings (SSSR count). The number of aliphatic hydroxyl groups is 1. The Morgan fingerprint density at radius 1 is 1.06 bits per heavy atom. The number of fused-ring (bicyclic) bond motifs is 1. The van der Waals surface area contributed by atoms with Gasteiger partial charge in [0.05, 0.1) is 23.2 Å². The molecule has 3 atom stereocenters. The summed E-state index contributed by atoms with van der Waals surface area (Å²) in [5, 5.41) is 27.3. The zero-order chi connectivity index (χ0) is 25.3. The molecule has 184 valence electrons. The maximum Gasteiger partial charge on any atom is 0.245 e. The first-order valence-electron chi connectivity index (χ1n) is 11.4. The van der Waals surface area contributed by atoms with Crippen molar-refractivity contribution in [2.45, 2.75) is 35.9 Å². The lowest BCUT2D eigenvalue weighted by Gasteiger charge is -2.23. The Bertz CT molecular complexity index is 1490. The summed E-state index contributed by atoms with van der Waals surface area (Å²) in [6.07, 6.45) is 1.78. The van der Waals surface area contributed by atoms with Crippen LogP contribution in [0.25, 0.3) is 11.3 Å². The van der Waals surface area contributed by atoms with Gasteiger partial charge >= 0.3 is 0 Å². The number of primary sulfonamides is 1. The van der Waals surface area contributed by atoms with Crippen molar-refractivity contribution in [3.8, 4) is 11.3 Å². The van der Waals surface area contributed by atoms with Crippen LogP contribution in [0.1, 0.15) is 28.8 Å². The normalized spacial score (nSPS) is 17.9. The molecule has 10 heteroatoms. The van der Waals surface area contributed by atoms with Crippen molar-refractivity contribution < 1.29 is 18.3 Å². The molecule has 3 aromatic carbocycles. The van der Waals surface area contributed by atoms with Crippen LogP contribution in [0.15, 0.2) is 90.0 Å². The fraction of sp³-hybridized carbons (Fsp3) is 0.192. The van der Waals surface area contributed by atoms with Gasteiger partial charge in [0.15, 0.2) is 0 Å². The lowest BCUT2D eigenvalue weighted by molar-refractivity contribution is -0.126. The van der Waals surface area contributed by atoms with Gasteiger partial charge < -0.3 is 10.4 Å². The topological polar surface area (TPSA) is 140 Å². The van der Waals surface area contributed by atoms with E-state index in [0.717, 1.165) is 16.7 Å². The Morgan fingerprint density at radius 3 is 2.47 bits per heavy atom. The molecule has 1 aliphatic carbocycles. The number of aliphatic hydroxyl groups excluding tert-OH is 1. The number of benzene rings is 3. The van der Waals surface area contributed by atoms with Gasteiger partial charge in [-0.15, -0.1) is 5.10 Å². The number of nitrogens with one attached hydrogen (secondary N) is 1. The van der Waals surface area contributed by atoms with Gasteiger partial charge in [-0.2, -0.15) is 0 Å². The van der Waals surface area contributed by atoms with Crippen molar-refractivity contribution in [2.75, 3.05) is 0 Å². The van der Waals surface area contributed by atoms with Crippen molar-refractivity contribution in [2.24, 2.45) is 5.14 Å². The van der Waals surface area contributed by atoms with Crippen LogP contribution in [0.5, 0.6) is 0 Å². The molecule has 1 aromatic heterocycles. The molecule has 1 unspecified atom stereocenters. The highest BCUT2D eigenvalue weighted by Gasteiger charge is 2.34. The summed E-state index contributed by atoms with van der Waals surface area (Å²) in [6.45, 7) is 0. The molecule has 0 fully saturated rings. The number of nitrogens with two attached hydrogens (primary N) is 1. The van der Waals surface area contributed by atoms with Crippen LogP contribution in [0.4, 0.5) is 0 Å². The van der Waals surface area contributed by atoms with Crippen LogP contribution >= 0.6 is 0 Å². The standard InChI is InChI=1S/C26H25N5O4S/c27-36(34,35)20-12-10-18(11-13-20)22-16-31(30-29-22)23(14-17-6-2-1-3-7-17)26(33)28-25-21-9-5-4-8-19(21)15-24(25)32/h1-13,16,23-25,32H,14-15H2,(H,28,33)(H2,27,34,35)/t23?,24-,25+/m0/s1. The van der Waals surface area contributed by atoms with Crippen LogP contribution in [-0.4, -0.2) is 40.5 Å². The number of aromatic nitrogens is 3. The molecular formula is C26H25N5O4S. The highest BCUT2D eigenvalue weighted by molar-refractivity contribution is 7.89. The molecule has 0 saturated heterocycles. The molecule has 36 heavy (non-hydrogen) atoms. The fourth-order valence-corrected chi connectivity index (χ4v) is 5.03. The summed E-state index contributed by atoms with van der Waals surface area (Å²) in [4.78, 5) is 13.6. The number of carbonyl (C=O) groups is 1. The van der Waals surface area contributed by atoms with Crippen LogP contribution in [-0.2, 0) is 27.7 Å². The third-order valence-electron chi connectivity index (χ3n) is 6.38. The predicted octanol–water partition coefficient (Wildman–Crippen LogP) is 2.15. The minimum Gasteiger partial charge on any atom is -0.390 e. The van der Waals surface area contributed by atoms with Gasteiger partial charge in [0.25, 0.3) is 0 Å². The molecule has 0 aliphatic heterocycles. The van der Waals surface area contributed by atoms with E-state index in [2.05, 4.69) is 15.6 Å². The zero-order valence-electron chi connectivity index (χ0n) is 19.2. The van der Waals surface area contributed by atoms with Gasteiger partial charge in [-0.25, -0.2) is 18.2 Å². The van der Waals surface area contributed by atoms with Gasteiger partial charge in [0.1, 0.15) is 11.7 Å². The van der Waals surface area contributed by atoms with E-state index in [9.17, 15) is 18.3 Å². The molecule has 0 bridgehead atoms. The third-order valence-corrected chi connectivity index (χ3v) is 7.31. The van der Waals surface area contributed by atoms with Crippen LogP contribution in [0, 0.1) is 0 Å². The zero-order valence-corrected chi connectivity index (χ0v) is 20.0. The summed E-state index contributed by atoms with van der Waals surface area (Å²) in [7, 11) is -3.81. The smallest absolute Gasteiger partial charge is 0.245 e. The number of carbonyl (C=O) groups excluding carboxylic acids is 1. The Morgan fingerprint density at radius 2 is 1.75 bits per heavy atom. The fourth-order valence-electron chi connectivity index (χ4n) is 4.52. The van der Waals surface area contributed by atoms with Gasteiger partial charge in [0.2, 0.25) is 15.9 Å². The number of nitrogens with zero attached hydrogens (tertiary/aromatic N) is 3. The molecular weight excluding hydrogens is 478 g/mol. The van der Waals surface area contributed by atoms with Crippen molar-refractivity contribution in [1.29, 1.82) is 0 Å². The summed E-state index contributed by atoms with van der Waals surface area (Å²) >= 11 is 0. The first-order chi connectivity index (χ1) is 17.3. The lowest BCUT2D eigenvalue weighted by atomic mass is 10.0. The summed E-state index contributed by atoms with van der Waals surface area (Å²) in [5.74, 6) is -0.291. The van der Waals surface area contributed by atoms with Gasteiger partial charge in [0, 0.05) is 18.4 Å². The van der Waals surface area contributed by atoms with E-state index < -0.39 is 28.2 Å². The SMILES string of the molecule is NS(=O)(=O)c1ccc(-c2cn(C(Cc3ccccc3)C(=O)N[C@@H]3c4ccccc4C[C@@H]3O)nn2)cc1. The summed E-state index contributed by atoms with van der Waals surface area (Å²) < 4.78 is 24.6. The van der Waals surface area contributed by atoms with E-state index in [1.54, 1.807) is 18.3 Å². The minimum absolute atomic E-state index is 0.00428. The quantitative estimate of drug-likeness (QED) is 0.353. The highest BCUT2D eigenvalue weighted by atomic mass is 32.2. The van der Waals surface area contributed by atoms with E-state index in [1.165, 1.54) is 16.8 Å². The van der Waals surface area contributed by atoms with Crippen LogP contribution < -0.4 is 10.5 Å². The Balaban J connectivity index is 1.43. The van der Waals surface area contributed by atoms with Crippen molar-refractivity contribution in [3.63, 3.8) is 0 Å². The molecule has 4 N–H and O–H groups in total. The molecule has 1 amide bonds. The van der Waals surface area contributed by atoms with Crippen molar-refractivity contribution in [3.05, 3.63) is 102 Å². The monoisotopic (exact) mass is 503 g/mol. The van der Waals surface area contributed by atoms with Crippen LogP contribution in [0.2, 0.25) is 0 Å². The molecule has 0 radical (unpaired) electrons. The van der Waals surface area contributed by atoms with E-state index in [0.29, 0.717) is 24.1 Å². The highest BCUT2D eigenvalue weighted by Crippen LogP contribution is 2.32. The number of hydrogen-bond donors (Lipinski definition) is 3. The second-order valence-electron chi connectivity index (χ2n) is 8.82. The van der Waals surface area contributed by atoms with Gasteiger partial charge in [-0.3, -0.25) is 4.79 Å². The Kier molecular flexibility index (Phi) is 6.40. The first-order valence-corrected chi connectivity index (χ1v) is 13.0. The Labute approximate surface area is 208 Å². The third kappa shape index (κ3) is 4.92. The summed E-state index contributed by atoms with van der Waals surface area (Å²) in [6, 6.07) is 22.0. The van der Waals surface area contributed by atoms with Crippen LogP contribution in [0.3, 0.4) is 0 Å². The molecule has 1 aliphatic rings. The molecule has 1 heterocycles. The van der Waals surface area contributed by atoms with E-state index >= 15 is 0 Å². The van der Waals surface area contributed by atoms with Crippen molar-refractivity contribution in [1.82, 2.24) is 20.3 Å². The molecule has 0 spiro atoms. The second kappa shape index (κ2) is 9.65. The molecule has 0 saturated carbocycles. The Hall–Kier alpha value is -3.86. The second-order valence-corrected chi connectivity index (χ2v) is 10.4. The first kappa shape index (κ1) is 23.9. The summed E-state index contributed by atoms with van der Waals surface area (Å²) in [5.41, 5.74) is 3.98. The van der Waals surface area contributed by atoms with E-state index in [-0.39, 0.29) is 10.8 Å². The van der Waals surface area contributed by atoms with Gasteiger partial charge in [-0.1, -0.05) is 71.9 Å². The largest absolute Gasteiger partial charge is 0.390 e. The van der Waals surface area contributed by atoms with Crippen molar-refractivity contribution >= 4 is 15.9 Å². The van der Waals surface area contributed by atoms with E-state index in [1.807, 2.05) is 54.6 Å². The number of hydrogen-bond acceptors (Lipinski definition) is 6. The molecule has 9 nitrogen and oxygen atoms in total. The maximum atomic E-state index is 13.6. The number of rotatable bonds is 7. The lowest BCUT2D eigenvalue weighted by Crippen LogP contribution is -2.39. The number of amides is 1. The number of sulfonamides is 1. The predicted molar refractivity (Wildman–Crippen MR) is 133 cm³/mol. The van der Waals surface area contributed by atoms with Gasteiger partial charge in [-0.05, 0) is 28.8 Å². The average molecular weight is 504 g/mol. The minimum atomic E-state index is -3.81. The maximum absolute atomic E-state index is 13.6. The van der Waals surface area contributed by atoms with E-state index in [4.69, 9.17) is 5.14 Å².